The summed E-state index contributed by atoms with van der Waals surface area (Å²) in [5.41, 5.74) is 0. The number of hydrogen-bond donors (Lipinski definition) is 2. The molecule has 1 aliphatic heterocycles. The van der Waals surface area contributed by atoms with E-state index in [1.807, 2.05) is 0 Å². The van der Waals surface area contributed by atoms with Crippen LogP contribution in [0, 0.1) is 0 Å². The summed E-state index contributed by atoms with van der Waals surface area (Å²) in [7, 11) is -3.73. The summed E-state index contributed by atoms with van der Waals surface area (Å²) in [5.74, 6) is -1.62. The molecule has 30 heavy (non-hydrogen) atoms. The molecule has 1 aliphatic rings. The summed E-state index contributed by atoms with van der Waals surface area (Å²) in [4.78, 5) is 27.2. The molecule has 1 saturated heterocycles. The number of morpholine rings is 1. The number of carbonyl (C=O) groups excluding carboxylic acids is 2. The molecule has 0 unspecified atom stereocenters. The fourth-order valence-electron chi connectivity index (χ4n) is 3.11. The first-order valence-corrected chi connectivity index (χ1v) is 12.1. The van der Waals surface area contributed by atoms with Gasteiger partial charge in [-0.2, -0.15) is 0 Å². The van der Waals surface area contributed by atoms with Gasteiger partial charge in [-0.3, -0.25) is 14.5 Å². The standard InChI is InChI=1S/C20H25N3O5S2/c24-19(21-8-9-23-10-12-28-13-11-23)20(25)22-15-18(17-7-4-14-29-17)30(26,27)16-5-2-1-3-6-16/h1-7,14,18H,8-13,15H2,(H,21,24)(H,22,25)/t18-/m1/s1. The van der Waals surface area contributed by atoms with E-state index in [9.17, 15) is 18.0 Å². The van der Waals surface area contributed by atoms with E-state index in [4.69, 9.17) is 4.74 Å². The summed E-state index contributed by atoms with van der Waals surface area (Å²) in [6.07, 6.45) is 0. The maximum Gasteiger partial charge on any atom is 0.309 e. The lowest BCUT2D eigenvalue weighted by atomic mass is 10.3. The highest BCUT2D eigenvalue weighted by Gasteiger charge is 2.31. The minimum atomic E-state index is -3.73. The van der Waals surface area contributed by atoms with Crippen molar-refractivity contribution in [3.8, 4) is 0 Å². The van der Waals surface area contributed by atoms with Crippen molar-refractivity contribution in [1.29, 1.82) is 0 Å². The molecule has 1 aromatic heterocycles. The van der Waals surface area contributed by atoms with Gasteiger partial charge in [-0.15, -0.1) is 11.3 Å². The fourth-order valence-corrected chi connectivity index (χ4v) is 5.92. The first-order chi connectivity index (χ1) is 14.5. The lowest BCUT2D eigenvalue weighted by molar-refractivity contribution is -0.139. The molecule has 2 aromatic rings. The van der Waals surface area contributed by atoms with Gasteiger partial charge in [0.1, 0.15) is 5.25 Å². The largest absolute Gasteiger partial charge is 0.379 e. The highest BCUT2D eigenvalue weighted by atomic mass is 32.2. The average molecular weight is 452 g/mol. The zero-order chi connectivity index (χ0) is 21.4. The van der Waals surface area contributed by atoms with Crippen LogP contribution in [-0.4, -0.2) is 71.1 Å². The Balaban J connectivity index is 1.57. The lowest BCUT2D eigenvalue weighted by Crippen LogP contribution is -2.46. The Bertz CT molecular complexity index is 927. The molecular weight excluding hydrogens is 426 g/mol. The van der Waals surface area contributed by atoms with Crippen LogP contribution in [0.1, 0.15) is 10.1 Å². The minimum Gasteiger partial charge on any atom is -0.379 e. The van der Waals surface area contributed by atoms with Gasteiger partial charge >= 0.3 is 11.8 Å². The van der Waals surface area contributed by atoms with Crippen molar-refractivity contribution in [3.63, 3.8) is 0 Å². The second kappa shape index (κ2) is 10.7. The average Bonchev–Trinajstić information content (AvgIpc) is 3.29. The van der Waals surface area contributed by atoms with E-state index in [2.05, 4.69) is 15.5 Å². The van der Waals surface area contributed by atoms with E-state index in [1.54, 1.807) is 35.7 Å². The molecular formula is C20H25N3O5S2. The van der Waals surface area contributed by atoms with E-state index >= 15 is 0 Å². The molecule has 162 valence electrons. The zero-order valence-electron chi connectivity index (χ0n) is 16.5. The van der Waals surface area contributed by atoms with Crippen LogP contribution in [0.15, 0.2) is 52.7 Å². The van der Waals surface area contributed by atoms with Gasteiger partial charge in [-0.1, -0.05) is 24.3 Å². The zero-order valence-corrected chi connectivity index (χ0v) is 18.1. The first kappa shape index (κ1) is 22.4. The summed E-state index contributed by atoms with van der Waals surface area (Å²) < 4.78 is 31.5. The lowest BCUT2D eigenvalue weighted by Gasteiger charge is -2.26. The van der Waals surface area contributed by atoms with Crippen molar-refractivity contribution in [2.45, 2.75) is 10.1 Å². The van der Waals surface area contributed by atoms with E-state index in [1.165, 1.54) is 23.5 Å². The number of nitrogens with one attached hydrogen (secondary N) is 2. The number of ether oxygens (including phenoxy) is 1. The van der Waals surface area contributed by atoms with Crippen molar-refractivity contribution >= 4 is 33.0 Å². The molecule has 2 amide bonds. The normalized spacial score (nSPS) is 16.0. The summed E-state index contributed by atoms with van der Waals surface area (Å²) in [6.45, 7) is 3.69. The molecule has 0 aliphatic carbocycles. The van der Waals surface area contributed by atoms with Gasteiger partial charge in [-0.25, -0.2) is 8.42 Å². The molecule has 0 spiro atoms. The molecule has 0 saturated carbocycles. The smallest absolute Gasteiger partial charge is 0.309 e. The molecule has 0 radical (unpaired) electrons. The Labute approximate surface area is 180 Å². The van der Waals surface area contributed by atoms with Gasteiger partial charge in [0.05, 0.1) is 18.1 Å². The van der Waals surface area contributed by atoms with E-state index in [-0.39, 0.29) is 11.4 Å². The third-order valence-electron chi connectivity index (χ3n) is 4.78. The third-order valence-corrected chi connectivity index (χ3v) is 8.01. The predicted octanol–water partition coefficient (Wildman–Crippen LogP) is 0.828. The molecule has 3 rings (SSSR count). The van der Waals surface area contributed by atoms with Crippen LogP contribution in [0.2, 0.25) is 0 Å². The number of nitrogens with zero attached hydrogens (tertiary/aromatic N) is 1. The Hall–Kier alpha value is -2.27. The van der Waals surface area contributed by atoms with Crippen LogP contribution < -0.4 is 10.6 Å². The molecule has 1 aromatic carbocycles. The Morgan fingerprint density at radius 3 is 2.40 bits per heavy atom. The van der Waals surface area contributed by atoms with E-state index < -0.39 is 26.9 Å². The monoisotopic (exact) mass is 451 g/mol. The minimum absolute atomic E-state index is 0.174. The number of carbonyl (C=O) groups is 2. The van der Waals surface area contributed by atoms with Gasteiger partial charge in [0.2, 0.25) is 0 Å². The Morgan fingerprint density at radius 2 is 1.73 bits per heavy atom. The van der Waals surface area contributed by atoms with Crippen LogP contribution in [0.3, 0.4) is 0 Å². The number of hydrogen-bond acceptors (Lipinski definition) is 7. The van der Waals surface area contributed by atoms with Crippen LogP contribution in [0.5, 0.6) is 0 Å². The first-order valence-electron chi connectivity index (χ1n) is 9.67. The van der Waals surface area contributed by atoms with Crippen molar-refractivity contribution in [3.05, 3.63) is 52.7 Å². The highest BCUT2D eigenvalue weighted by molar-refractivity contribution is 7.91. The van der Waals surface area contributed by atoms with Crippen molar-refractivity contribution in [1.82, 2.24) is 15.5 Å². The van der Waals surface area contributed by atoms with Gasteiger partial charge in [0.15, 0.2) is 9.84 Å². The molecule has 2 N–H and O–H groups in total. The molecule has 2 heterocycles. The fraction of sp³-hybridized carbons (Fsp3) is 0.400. The second-order valence-corrected chi connectivity index (χ2v) is 9.89. The number of rotatable bonds is 8. The van der Waals surface area contributed by atoms with E-state index in [0.29, 0.717) is 31.2 Å². The van der Waals surface area contributed by atoms with Crippen molar-refractivity contribution < 1.29 is 22.7 Å². The summed E-state index contributed by atoms with van der Waals surface area (Å²) in [5, 5.41) is 5.87. The number of thiophene rings is 1. The van der Waals surface area contributed by atoms with Crippen LogP contribution >= 0.6 is 11.3 Å². The van der Waals surface area contributed by atoms with Gasteiger partial charge in [0, 0.05) is 37.6 Å². The maximum atomic E-state index is 13.1. The quantitative estimate of drug-likeness (QED) is 0.576. The van der Waals surface area contributed by atoms with Crippen LogP contribution in [0.25, 0.3) is 0 Å². The SMILES string of the molecule is O=C(NCCN1CCOCC1)C(=O)NC[C@H](c1cccs1)S(=O)(=O)c1ccccc1. The Kier molecular flexibility index (Phi) is 7.97. The third kappa shape index (κ3) is 5.88. The maximum absolute atomic E-state index is 13.1. The summed E-state index contributed by atoms with van der Waals surface area (Å²) in [6, 6.07) is 11.6. The Morgan fingerprint density at radius 1 is 1.03 bits per heavy atom. The summed E-state index contributed by atoms with van der Waals surface area (Å²) >= 11 is 1.30. The predicted molar refractivity (Wildman–Crippen MR) is 114 cm³/mol. The second-order valence-electron chi connectivity index (χ2n) is 6.78. The van der Waals surface area contributed by atoms with Gasteiger partial charge < -0.3 is 15.4 Å². The molecule has 10 heteroatoms. The number of benzene rings is 1. The highest BCUT2D eigenvalue weighted by Crippen LogP contribution is 2.31. The van der Waals surface area contributed by atoms with Gasteiger partial charge in [-0.05, 0) is 23.6 Å². The number of amides is 2. The van der Waals surface area contributed by atoms with E-state index in [0.717, 1.165) is 13.1 Å². The topological polar surface area (TPSA) is 105 Å². The molecule has 0 bridgehead atoms. The van der Waals surface area contributed by atoms with Crippen molar-refractivity contribution in [2.24, 2.45) is 0 Å². The number of sulfone groups is 1. The molecule has 8 nitrogen and oxygen atoms in total. The van der Waals surface area contributed by atoms with Crippen LogP contribution in [-0.2, 0) is 24.2 Å². The van der Waals surface area contributed by atoms with Crippen LogP contribution in [0.4, 0.5) is 0 Å². The molecule has 1 fully saturated rings. The molecule has 1 atom stereocenters. The van der Waals surface area contributed by atoms with Gasteiger partial charge in [0.25, 0.3) is 0 Å². The van der Waals surface area contributed by atoms with Crippen molar-refractivity contribution in [2.75, 3.05) is 45.9 Å².